The number of ether oxygens (including phenoxy) is 1. The lowest BCUT2D eigenvalue weighted by Crippen LogP contribution is -2.38. The molecule has 0 fully saturated rings. The van der Waals surface area contributed by atoms with Gasteiger partial charge in [-0.2, -0.15) is 0 Å². The summed E-state index contributed by atoms with van der Waals surface area (Å²) < 4.78 is 5.94. The maximum absolute atomic E-state index is 12.2. The van der Waals surface area contributed by atoms with Crippen LogP contribution in [0.3, 0.4) is 0 Å². The Morgan fingerprint density at radius 3 is 2.48 bits per heavy atom. The van der Waals surface area contributed by atoms with Gasteiger partial charge in [0.1, 0.15) is 12.4 Å². The summed E-state index contributed by atoms with van der Waals surface area (Å²) >= 11 is 0. The van der Waals surface area contributed by atoms with Crippen LogP contribution in [0, 0.1) is 0 Å². The number of guanidine groups is 1. The molecular weight excluding hydrogens is 529 g/mol. The lowest BCUT2D eigenvalue weighted by Gasteiger charge is -2.15. The molecular formula is C25H38IN5O2. The first-order valence-electron chi connectivity index (χ1n) is 11.1. The summed E-state index contributed by atoms with van der Waals surface area (Å²) in [6.45, 7) is 5.57. The molecule has 0 saturated carbocycles. The molecule has 2 rings (SSSR count). The van der Waals surface area contributed by atoms with Gasteiger partial charge in [-0.25, -0.2) is 4.99 Å². The Balaban J connectivity index is 0.00000544. The van der Waals surface area contributed by atoms with Gasteiger partial charge in [0, 0.05) is 44.9 Å². The number of carbonyl (C=O) groups is 1. The SMILES string of the molecule is CCNC(=NCc1ccccc1OCCN(C)C)NCCc1cccc(C(=O)N(C)C)c1.I. The van der Waals surface area contributed by atoms with Crippen LogP contribution in [-0.2, 0) is 13.0 Å². The molecule has 0 unspecified atom stereocenters. The van der Waals surface area contributed by atoms with Crippen LogP contribution >= 0.6 is 24.0 Å². The quantitative estimate of drug-likeness (QED) is 0.248. The Morgan fingerprint density at radius 1 is 1.03 bits per heavy atom. The van der Waals surface area contributed by atoms with E-state index in [0.29, 0.717) is 25.3 Å². The third-order valence-electron chi connectivity index (χ3n) is 4.81. The van der Waals surface area contributed by atoms with Gasteiger partial charge in [0.25, 0.3) is 5.91 Å². The number of likely N-dealkylation sites (N-methyl/N-ethyl adjacent to an activating group) is 1. The molecule has 0 heterocycles. The normalized spacial score (nSPS) is 11.0. The predicted octanol–water partition coefficient (Wildman–Crippen LogP) is 3.24. The van der Waals surface area contributed by atoms with Crippen molar-refractivity contribution in [1.29, 1.82) is 0 Å². The Labute approximate surface area is 215 Å². The van der Waals surface area contributed by atoms with Gasteiger partial charge >= 0.3 is 0 Å². The summed E-state index contributed by atoms with van der Waals surface area (Å²) in [6, 6.07) is 15.8. The van der Waals surface area contributed by atoms with Crippen LogP contribution < -0.4 is 15.4 Å². The Kier molecular flexibility index (Phi) is 13.5. The molecule has 7 nitrogen and oxygen atoms in total. The molecule has 0 spiro atoms. The Hall–Kier alpha value is -2.33. The summed E-state index contributed by atoms with van der Waals surface area (Å²) in [5, 5.41) is 6.68. The summed E-state index contributed by atoms with van der Waals surface area (Å²) in [5.74, 6) is 1.65. The lowest BCUT2D eigenvalue weighted by molar-refractivity contribution is 0.0827. The fourth-order valence-electron chi connectivity index (χ4n) is 3.06. The van der Waals surface area contributed by atoms with E-state index in [-0.39, 0.29) is 29.9 Å². The molecule has 182 valence electrons. The van der Waals surface area contributed by atoms with Gasteiger partial charge in [-0.05, 0) is 51.2 Å². The number of nitrogens with zero attached hydrogens (tertiary/aromatic N) is 3. The fraction of sp³-hybridized carbons (Fsp3) is 0.440. The molecule has 0 atom stereocenters. The molecule has 0 aliphatic carbocycles. The summed E-state index contributed by atoms with van der Waals surface area (Å²) in [4.78, 5) is 20.6. The van der Waals surface area contributed by atoms with E-state index < -0.39 is 0 Å². The minimum atomic E-state index is 0. The van der Waals surface area contributed by atoms with E-state index >= 15 is 0 Å². The smallest absolute Gasteiger partial charge is 0.253 e. The van der Waals surface area contributed by atoms with Gasteiger partial charge in [0.2, 0.25) is 0 Å². The summed E-state index contributed by atoms with van der Waals surface area (Å²) in [6.07, 6.45) is 0.795. The monoisotopic (exact) mass is 567 g/mol. The molecule has 2 N–H and O–H groups in total. The number of para-hydroxylation sites is 1. The molecule has 8 heteroatoms. The molecule has 0 aliphatic rings. The number of benzene rings is 2. The molecule has 1 amide bonds. The zero-order valence-corrected chi connectivity index (χ0v) is 22.8. The second-order valence-corrected chi connectivity index (χ2v) is 8.03. The zero-order valence-electron chi connectivity index (χ0n) is 20.4. The zero-order chi connectivity index (χ0) is 23.3. The van der Waals surface area contributed by atoms with E-state index in [2.05, 4.69) is 15.5 Å². The van der Waals surface area contributed by atoms with Crippen molar-refractivity contribution in [2.45, 2.75) is 19.9 Å². The third kappa shape index (κ3) is 10.4. The number of rotatable bonds is 11. The molecule has 2 aromatic carbocycles. The van der Waals surface area contributed by atoms with Crippen LogP contribution in [0.15, 0.2) is 53.5 Å². The van der Waals surface area contributed by atoms with Crippen molar-refractivity contribution in [3.8, 4) is 5.75 Å². The number of carbonyl (C=O) groups excluding carboxylic acids is 1. The van der Waals surface area contributed by atoms with E-state index in [4.69, 9.17) is 9.73 Å². The highest BCUT2D eigenvalue weighted by molar-refractivity contribution is 14.0. The highest BCUT2D eigenvalue weighted by atomic mass is 127. The van der Waals surface area contributed by atoms with E-state index in [9.17, 15) is 4.79 Å². The van der Waals surface area contributed by atoms with Crippen molar-refractivity contribution >= 4 is 35.8 Å². The number of hydrogen-bond acceptors (Lipinski definition) is 4. The standard InChI is InChI=1S/C25H37N5O2.HI/c1-6-26-25(27-15-14-20-10-9-12-21(18-20)24(31)30(4)5)28-19-22-11-7-8-13-23(22)32-17-16-29(2)3;/h7-13,18H,6,14-17,19H2,1-5H3,(H2,26,27,28);1H. The molecule has 0 radical (unpaired) electrons. The Bertz CT molecular complexity index is 887. The van der Waals surface area contributed by atoms with Crippen LogP contribution in [0.1, 0.15) is 28.4 Å². The Morgan fingerprint density at radius 2 is 1.79 bits per heavy atom. The molecule has 0 aliphatic heterocycles. The van der Waals surface area contributed by atoms with Gasteiger partial charge in [0.05, 0.1) is 6.54 Å². The number of amides is 1. The first kappa shape index (κ1) is 28.7. The van der Waals surface area contributed by atoms with Gasteiger partial charge in [-0.15, -0.1) is 24.0 Å². The molecule has 0 saturated heterocycles. The van der Waals surface area contributed by atoms with Crippen LogP contribution in [-0.4, -0.2) is 76.1 Å². The van der Waals surface area contributed by atoms with Crippen molar-refractivity contribution in [3.05, 3.63) is 65.2 Å². The van der Waals surface area contributed by atoms with Crippen LogP contribution in [0.2, 0.25) is 0 Å². The topological polar surface area (TPSA) is 69.2 Å². The van der Waals surface area contributed by atoms with Gasteiger partial charge in [-0.1, -0.05) is 30.3 Å². The first-order valence-corrected chi connectivity index (χ1v) is 11.1. The van der Waals surface area contributed by atoms with Crippen molar-refractivity contribution in [2.75, 3.05) is 54.4 Å². The fourth-order valence-corrected chi connectivity index (χ4v) is 3.06. The minimum Gasteiger partial charge on any atom is -0.492 e. The number of halogens is 1. The second kappa shape index (κ2) is 15.5. The number of aliphatic imine (C=N–C) groups is 1. The molecule has 0 aromatic heterocycles. The molecule has 33 heavy (non-hydrogen) atoms. The van der Waals surface area contributed by atoms with E-state index in [1.54, 1.807) is 19.0 Å². The maximum Gasteiger partial charge on any atom is 0.253 e. The van der Waals surface area contributed by atoms with Crippen molar-refractivity contribution < 1.29 is 9.53 Å². The van der Waals surface area contributed by atoms with E-state index in [1.165, 1.54) is 0 Å². The van der Waals surface area contributed by atoms with E-state index in [1.807, 2.05) is 69.6 Å². The average Bonchev–Trinajstić information content (AvgIpc) is 2.77. The predicted molar refractivity (Wildman–Crippen MR) is 147 cm³/mol. The summed E-state index contributed by atoms with van der Waals surface area (Å²) in [7, 11) is 7.59. The highest BCUT2D eigenvalue weighted by Gasteiger charge is 2.08. The first-order chi connectivity index (χ1) is 15.4. The largest absolute Gasteiger partial charge is 0.492 e. The molecule has 0 bridgehead atoms. The minimum absolute atomic E-state index is 0. The van der Waals surface area contributed by atoms with Gasteiger partial charge in [0.15, 0.2) is 5.96 Å². The van der Waals surface area contributed by atoms with Crippen molar-refractivity contribution in [1.82, 2.24) is 20.4 Å². The van der Waals surface area contributed by atoms with Crippen molar-refractivity contribution in [3.63, 3.8) is 0 Å². The van der Waals surface area contributed by atoms with Crippen LogP contribution in [0.25, 0.3) is 0 Å². The van der Waals surface area contributed by atoms with Crippen molar-refractivity contribution in [2.24, 2.45) is 4.99 Å². The number of hydrogen-bond donors (Lipinski definition) is 2. The van der Waals surface area contributed by atoms with Gasteiger partial charge < -0.3 is 25.2 Å². The molecule has 2 aromatic rings. The average molecular weight is 568 g/mol. The third-order valence-corrected chi connectivity index (χ3v) is 4.81. The highest BCUT2D eigenvalue weighted by Crippen LogP contribution is 2.18. The second-order valence-electron chi connectivity index (χ2n) is 8.03. The van der Waals surface area contributed by atoms with Crippen LogP contribution in [0.5, 0.6) is 5.75 Å². The summed E-state index contributed by atoms with van der Waals surface area (Å²) in [5.41, 5.74) is 2.87. The maximum atomic E-state index is 12.2. The van der Waals surface area contributed by atoms with E-state index in [0.717, 1.165) is 42.3 Å². The lowest BCUT2D eigenvalue weighted by atomic mass is 10.1. The van der Waals surface area contributed by atoms with Crippen LogP contribution in [0.4, 0.5) is 0 Å². The number of nitrogens with one attached hydrogen (secondary N) is 2. The van der Waals surface area contributed by atoms with Gasteiger partial charge in [-0.3, -0.25) is 4.79 Å².